The van der Waals surface area contributed by atoms with E-state index < -0.39 is 0 Å². The summed E-state index contributed by atoms with van der Waals surface area (Å²) in [6, 6.07) is 53.8. The molecule has 0 amide bonds. The number of rotatable bonds is 3. The van der Waals surface area contributed by atoms with Gasteiger partial charge < -0.3 is 0 Å². The summed E-state index contributed by atoms with van der Waals surface area (Å²) in [6.07, 6.45) is 0. The quantitative estimate of drug-likeness (QED) is 0.226. The molecule has 0 atom stereocenters. The lowest BCUT2D eigenvalue weighted by Gasteiger charge is -2.34. The molecule has 0 bridgehead atoms. The third-order valence-electron chi connectivity index (χ3n) is 8.17. The van der Waals surface area contributed by atoms with Crippen molar-refractivity contribution in [2.45, 2.75) is 5.41 Å². The summed E-state index contributed by atoms with van der Waals surface area (Å²) < 4.78 is 2.68. The van der Waals surface area contributed by atoms with Crippen LogP contribution in [0, 0.1) is 0 Å². The molecule has 38 heavy (non-hydrogen) atoms. The highest BCUT2D eigenvalue weighted by Gasteiger charge is 2.45. The Morgan fingerprint density at radius 2 is 0.974 bits per heavy atom. The van der Waals surface area contributed by atoms with Gasteiger partial charge in [0.15, 0.2) is 0 Å². The molecule has 6 aromatic carbocycles. The summed E-state index contributed by atoms with van der Waals surface area (Å²) in [7, 11) is 0. The van der Waals surface area contributed by atoms with Crippen LogP contribution in [0.2, 0.25) is 0 Å². The summed E-state index contributed by atoms with van der Waals surface area (Å²) >= 11 is 1.87. The highest BCUT2D eigenvalue weighted by atomic mass is 32.1. The molecule has 1 aliphatic rings. The van der Waals surface area contributed by atoms with Crippen LogP contribution in [0.5, 0.6) is 0 Å². The number of hydrogen-bond acceptors (Lipinski definition) is 1. The molecular weight excluding hydrogens is 476 g/mol. The van der Waals surface area contributed by atoms with Gasteiger partial charge in [-0.05, 0) is 68.8 Å². The zero-order chi connectivity index (χ0) is 25.1. The van der Waals surface area contributed by atoms with E-state index in [9.17, 15) is 0 Å². The first-order chi connectivity index (χ1) is 18.8. The molecule has 1 aromatic heterocycles. The molecule has 0 radical (unpaired) electrons. The van der Waals surface area contributed by atoms with Crippen LogP contribution in [0.1, 0.15) is 22.3 Å². The maximum absolute atomic E-state index is 2.45. The van der Waals surface area contributed by atoms with E-state index in [1.807, 2.05) is 11.3 Å². The second-order valence-corrected chi connectivity index (χ2v) is 11.2. The fourth-order valence-electron chi connectivity index (χ4n) is 6.53. The Hall–Kier alpha value is -4.46. The summed E-state index contributed by atoms with van der Waals surface area (Å²) in [5.41, 5.74) is 10.1. The van der Waals surface area contributed by atoms with Crippen LogP contribution >= 0.6 is 11.3 Å². The van der Waals surface area contributed by atoms with Crippen LogP contribution < -0.4 is 0 Å². The SMILES string of the molecule is c1ccc(C2(c3ccccc3)c3ccccc3-c3ccc(-c4ccc5sc6ccccc6c5c4)cc32)cc1. The Balaban J connectivity index is 1.43. The molecule has 8 rings (SSSR count). The third kappa shape index (κ3) is 2.97. The Morgan fingerprint density at radius 1 is 0.395 bits per heavy atom. The number of hydrogen-bond donors (Lipinski definition) is 0. The van der Waals surface area contributed by atoms with Gasteiger partial charge in [-0.25, -0.2) is 0 Å². The van der Waals surface area contributed by atoms with Gasteiger partial charge in [0.25, 0.3) is 0 Å². The van der Waals surface area contributed by atoms with Crippen LogP contribution in [0.15, 0.2) is 146 Å². The molecule has 0 nitrogen and oxygen atoms in total. The van der Waals surface area contributed by atoms with Crippen molar-refractivity contribution in [3.05, 3.63) is 168 Å². The zero-order valence-electron chi connectivity index (χ0n) is 20.8. The maximum Gasteiger partial charge on any atom is 0.0713 e. The first-order valence-electron chi connectivity index (χ1n) is 13.1. The average Bonchev–Trinajstić information content (AvgIpc) is 3.51. The molecule has 0 saturated heterocycles. The van der Waals surface area contributed by atoms with E-state index in [2.05, 4.69) is 146 Å². The van der Waals surface area contributed by atoms with E-state index in [0.29, 0.717) is 0 Å². The second kappa shape index (κ2) is 8.28. The van der Waals surface area contributed by atoms with Crippen molar-refractivity contribution < 1.29 is 0 Å². The van der Waals surface area contributed by atoms with Gasteiger partial charge in [-0.15, -0.1) is 11.3 Å². The van der Waals surface area contributed by atoms with E-state index in [0.717, 1.165) is 0 Å². The molecule has 1 heterocycles. The zero-order valence-corrected chi connectivity index (χ0v) is 21.6. The van der Waals surface area contributed by atoms with Crippen molar-refractivity contribution in [1.29, 1.82) is 0 Å². The summed E-state index contributed by atoms with van der Waals surface area (Å²) in [5.74, 6) is 0. The largest absolute Gasteiger partial charge is 0.135 e. The van der Waals surface area contributed by atoms with Crippen molar-refractivity contribution in [1.82, 2.24) is 0 Å². The molecule has 0 N–H and O–H groups in total. The molecule has 0 saturated carbocycles. The van der Waals surface area contributed by atoms with Crippen molar-refractivity contribution in [3.8, 4) is 22.3 Å². The first-order valence-corrected chi connectivity index (χ1v) is 13.9. The Kier molecular flexibility index (Phi) is 4.71. The van der Waals surface area contributed by atoms with Gasteiger partial charge in [-0.1, -0.05) is 121 Å². The maximum atomic E-state index is 2.45. The van der Waals surface area contributed by atoms with Gasteiger partial charge in [0.2, 0.25) is 0 Å². The van der Waals surface area contributed by atoms with Gasteiger partial charge in [0.1, 0.15) is 0 Å². The first kappa shape index (κ1) is 21.6. The van der Waals surface area contributed by atoms with E-state index >= 15 is 0 Å². The lowest BCUT2D eigenvalue weighted by molar-refractivity contribution is 0.769. The van der Waals surface area contributed by atoms with Crippen molar-refractivity contribution >= 4 is 31.5 Å². The second-order valence-electron chi connectivity index (χ2n) is 10.1. The number of benzene rings is 6. The minimum absolute atomic E-state index is 0.371. The van der Waals surface area contributed by atoms with E-state index in [1.54, 1.807) is 0 Å². The normalized spacial score (nSPS) is 13.5. The van der Waals surface area contributed by atoms with E-state index in [4.69, 9.17) is 0 Å². The lowest BCUT2D eigenvalue weighted by Crippen LogP contribution is -2.28. The highest BCUT2D eigenvalue weighted by molar-refractivity contribution is 7.25. The fraction of sp³-hybridized carbons (Fsp3) is 0.0270. The molecule has 0 fully saturated rings. The third-order valence-corrected chi connectivity index (χ3v) is 9.32. The average molecular weight is 501 g/mol. The monoisotopic (exact) mass is 500 g/mol. The van der Waals surface area contributed by atoms with Gasteiger partial charge in [0.05, 0.1) is 5.41 Å². The van der Waals surface area contributed by atoms with Crippen LogP contribution in [-0.2, 0) is 5.41 Å². The van der Waals surface area contributed by atoms with Crippen LogP contribution in [-0.4, -0.2) is 0 Å². The van der Waals surface area contributed by atoms with Gasteiger partial charge in [0, 0.05) is 20.2 Å². The van der Waals surface area contributed by atoms with E-state index in [-0.39, 0.29) is 5.41 Å². The molecule has 0 spiro atoms. The van der Waals surface area contributed by atoms with Crippen molar-refractivity contribution in [2.24, 2.45) is 0 Å². The molecule has 1 aliphatic carbocycles. The number of thiophene rings is 1. The molecule has 1 heteroatoms. The molecule has 7 aromatic rings. The fourth-order valence-corrected chi connectivity index (χ4v) is 7.62. The van der Waals surface area contributed by atoms with Gasteiger partial charge >= 0.3 is 0 Å². The highest BCUT2D eigenvalue weighted by Crippen LogP contribution is 2.56. The molecule has 0 aliphatic heterocycles. The Labute approximate surface area is 226 Å². The van der Waals surface area contributed by atoms with Gasteiger partial charge in [-0.3, -0.25) is 0 Å². The predicted molar refractivity (Wildman–Crippen MR) is 162 cm³/mol. The minimum atomic E-state index is -0.371. The predicted octanol–water partition coefficient (Wildman–Crippen LogP) is 10.1. The topological polar surface area (TPSA) is 0 Å². The van der Waals surface area contributed by atoms with Crippen molar-refractivity contribution in [2.75, 3.05) is 0 Å². The summed E-state index contributed by atoms with van der Waals surface area (Å²) in [4.78, 5) is 0. The number of fused-ring (bicyclic) bond motifs is 6. The lowest BCUT2D eigenvalue weighted by atomic mass is 9.67. The van der Waals surface area contributed by atoms with Crippen LogP contribution in [0.4, 0.5) is 0 Å². The summed E-state index contributed by atoms with van der Waals surface area (Å²) in [5, 5.41) is 2.68. The molecule has 0 unspecified atom stereocenters. The Bertz CT molecular complexity index is 1920. The van der Waals surface area contributed by atoms with Crippen LogP contribution in [0.3, 0.4) is 0 Å². The van der Waals surface area contributed by atoms with Crippen LogP contribution in [0.25, 0.3) is 42.4 Å². The summed E-state index contributed by atoms with van der Waals surface area (Å²) in [6.45, 7) is 0. The van der Waals surface area contributed by atoms with Gasteiger partial charge in [-0.2, -0.15) is 0 Å². The van der Waals surface area contributed by atoms with Crippen molar-refractivity contribution in [3.63, 3.8) is 0 Å². The molecule has 178 valence electrons. The Morgan fingerprint density at radius 3 is 1.76 bits per heavy atom. The smallest absolute Gasteiger partial charge is 0.0713 e. The van der Waals surface area contributed by atoms with E-state index in [1.165, 1.54) is 64.7 Å². The molecular formula is C37H24S. The standard InChI is InChI=1S/C37H24S/c1-3-11-27(12-4-1)37(28-13-5-2-6-14-28)33-17-9-7-15-29(33)30-21-19-26(24-34(30)37)25-20-22-36-32(23-25)31-16-8-10-18-35(31)38-36/h1-24H. The minimum Gasteiger partial charge on any atom is -0.135 e.